The Hall–Kier alpha value is -1.99. The molecule has 112 valence electrons. The van der Waals surface area contributed by atoms with Gasteiger partial charge in [0.05, 0.1) is 6.61 Å². The van der Waals surface area contributed by atoms with Crippen LogP contribution in [-0.2, 0) is 4.74 Å². The molecule has 0 bridgehead atoms. The molecule has 2 aromatic rings. The van der Waals surface area contributed by atoms with Gasteiger partial charge in [-0.05, 0) is 19.1 Å². The summed E-state index contributed by atoms with van der Waals surface area (Å²) in [5.74, 6) is -0.378. The number of carbonyl (C=O) groups excluding carboxylic acids is 1. The number of esters is 1. The number of benzene rings is 1. The number of hydrogen-bond acceptors (Lipinski definition) is 6. The van der Waals surface area contributed by atoms with Crippen LogP contribution in [0.25, 0.3) is 10.6 Å². The molecule has 1 aromatic carbocycles. The highest BCUT2D eigenvalue weighted by atomic mass is 32.1. The zero-order valence-corrected chi connectivity index (χ0v) is 12.4. The van der Waals surface area contributed by atoms with E-state index in [0.717, 1.165) is 11.3 Å². The topological polar surface area (TPSA) is 77.2 Å². The molecule has 0 aliphatic rings. The van der Waals surface area contributed by atoms with E-state index in [0.29, 0.717) is 34.4 Å². The molecule has 0 spiro atoms. The zero-order valence-electron chi connectivity index (χ0n) is 11.6. The predicted molar refractivity (Wildman–Crippen MR) is 81.0 cm³/mol. The lowest BCUT2D eigenvalue weighted by molar-refractivity contribution is 0.0533. The van der Waals surface area contributed by atoms with E-state index in [1.54, 1.807) is 19.1 Å². The van der Waals surface area contributed by atoms with Gasteiger partial charge in [0, 0.05) is 18.7 Å². The first kappa shape index (κ1) is 15.4. The minimum atomic E-state index is -0.447. The summed E-state index contributed by atoms with van der Waals surface area (Å²) < 4.78 is 18.3. The average Bonchev–Trinajstić information content (AvgIpc) is 2.89. The second kappa shape index (κ2) is 7.14. The van der Waals surface area contributed by atoms with E-state index in [2.05, 4.69) is 10.3 Å². The monoisotopic (exact) mass is 309 g/mol. The third-order valence-corrected chi connectivity index (χ3v) is 3.68. The van der Waals surface area contributed by atoms with Gasteiger partial charge in [0.15, 0.2) is 10.7 Å². The fourth-order valence-electron chi connectivity index (χ4n) is 1.71. The van der Waals surface area contributed by atoms with Crippen molar-refractivity contribution >= 4 is 23.1 Å². The van der Waals surface area contributed by atoms with Gasteiger partial charge in [-0.2, -0.15) is 0 Å². The predicted octanol–water partition coefficient (Wildman–Crippen LogP) is 2.50. The first-order valence-corrected chi connectivity index (χ1v) is 7.35. The fraction of sp³-hybridized carbons (Fsp3) is 0.286. The van der Waals surface area contributed by atoms with Crippen molar-refractivity contribution in [1.82, 2.24) is 4.98 Å². The molecule has 5 nitrogen and oxygen atoms in total. The molecule has 0 saturated carbocycles. The molecule has 0 fully saturated rings. The van der Waals surface area contributed by atoms with E-state index in [-0.39, 0.29) is 12.4 Å². The molecule has 0 atom stereocenters. The number of nitrogens with one attached hydrogen (secondary N) is 1. The maximum absolute atomic E-state index is 13.3. The second-order valence-corrected chi connectivity index (χ2v) is 5.14. The summed E-state index contributed by atoms with van der Waals surface area (Å²) in [6, 6.07) is 6.07. The first-order chi connectivity index (χ1) is 10.2. The van der Waals surface area contributed by atoms with Crippen molar-refractivity contribution in [3.63, 3.8) is 0 Å². The van der Waals surface area contributed by atoms with Gasteiger partial charge in [-0.25, -0.2) is 14.2 Å². The molecule has 0 saturated heterocycles. The molecule has 3 N–H and O–H groups in total. The van der Waals surface area contributed by atoms with Crippen LogP contribution >= 0.6 is 11.3 Å². The number of thiazole rings is 1. The van der Waals surface area contributed by atoms with Crippen molar-refractivity contribution < 1.29 is 13.9 Å². The third kappa shape index (κ3) is 3.77. The van der Waals surface area contributed by atoms with Gasteiger partial charge >= 0.3 is 5.97 Å². The highest BCUT2D eigenvalue weighted by Crippen LogP contribution is 2.31. The molecule has 0 aliphatic carbocycles. The van der Waals surface area contributed by atoms with Crippen LogP contribution in [0.3, 0.4) is 0 Å². The number of halogens is 1. The van der Waals surface area contributed by atoms with E-state index in [1.807, 2.05) is 0 Å². The van der Waals surface area contributed by atoms with Gasteiger partial charge in [0.1, 0.15) is 10.8 Å². The largest absolute Gasteiger partial charge is 0.462 e. The minimum Gasteiger partial charge on any atom is -0.462 e. The summed E-state index contributed by atoms with van der Waals surface area (Å²) in [6.45, 7) is 2.91. The van der Waals surface area contributed by atoms with Crippen LogP contribution in [0, 0.1) is 5.82 Å². The summed E-state index contributed by atoms with van der Waals surface area (Å²) in [7, 11) is 0. The minimum absolute atomic E-state index is 0.280. The number of anilines is 1. The molecule has 21 heavy (non-hydrogen) atoms. The lowest BCUT2D eigenvalue weighted by atomic mass is 10.2. The van der Waals surface area contributed by atoms with Gasteiger partial charge < -0.3 is 15.8 Å². The van der Waals surface area contributed by atoms with Gasteiger partial charge in [-0.1, -0.05) is 12.1 Å². The molecule has 1 aromatic heterocycles. The highest BCUT2D eigenvalue weighted by Gasteiger charge is 2.20. The van der Waals surface area contributed by atoms with Gasteiger partial charge in [-0.3, -0.25) is 0 Å². The summed E-state index contributed by atoms with van der Waals surface area (Å²) >= 11 is 1.16. The zero-order chi connectivity index (χ0) is 15.2. The number of nitrogens with zero attached hydrogens (tertiary/aromatic N) is 1. The van der Waals surface area contributed by atoms with Crippen molar-refractivity contribution in [2.45, 2.75) is 6.92 Å². The van der Waals surface area contributed by atoms with Crippen LogP contribution in [0.2, 0.25) is 0 Å². The first-order valence-electron chi connectivity index (χ1n) is 6.53. The number of nitrogens with two attached hydrogens (primary N) is 1. The van der Waals surface area contributed by atoms with Crippen molar-refractivity contribution in [3.05, 3.63) is 35.0 Å². The van der Waals surface area contributed by atoms with Gasteiger partial charge in [0.25, 0.3) is 0 Å². The Morgan fingerprint density at radius 3 is 3.00 bits per heavy atom. The van der Waals surface area contributed by atoms with E-state index < -0.39 is 5.97 Å². The number of rotatable bonds is 6. The van der Waals surface area contributed by atoms with Crippen LogP contribution < -0.4 is 11.1 Å². The fourth-order valence-corrected chi connectivity index (χ4v) is 2.64. The smallest absolute Gasteiger partial charge is 0.352 e. The Labute approximate surface area is 126 Å². The quantitative estimate of drug-likeness (QED) is 0.802. The maximum atomic E-state index is 13.3. The standard InChI is InChI=1S/C14H16FN3O2S/c1-2-20-14(19)11-12(17-7-6-16)18-13(21-11)9-4-3-5-10(15)8-9/h3-5,8,17H,2,6-7,16H2,1H3. The Balaban J connectivity index is 2.37. The third-order valence-electron chi connectivity index (χ3n) is 2.60. The summed E-state index contributed by atoms with van der Waals surface area (Å²) in [6.07, 6.45) is 0. The second-order valence-electron chi connectivity index (χ2n) is 4.14. The molecule has 0 amide bonds. The molecular weight excluding hydrogens is 293 g/mol. The molecular formula is C14H16FN3O2S. The summed E-state index contributed by atoms with van der Waals surface area (Å²) in [5, 5.41) is 3.54. The van der Waals surface area contributed by atoms with Crippen molar-refractivity contribution in [1.29, 1.82) is 0 Å². The molecule has 2 rings (SSSR count). The number of hydrogen-bond donors (Lipinski definition) is 2. The summed E-state index contributed by atoms with van der Waals surface area (Å²) in [5.41, 5.74) is 6.06. The van der Waals surface area contributed by atoms with E-state index in [9.17, 15) is 9.18 Å². The normalized spacial score (nSPS) is 10.4. The SMILES string of the molecule is CCOC(=O)c1sc(-c2cccc(F)c2)nc1NCCN. The van der Waals surface area contributed by atoms with Crippen molar-refractivity contribution in [3.8, 4) is 10.6 Å². The lowest BCUT2D eigenvalue weighted by Gasteiger charge is -2.03. The van der Waals surface area contributed by atoms with Crippen LogP contribution in [0.5, 0.6) is 0 Å². The number of carbonyl (C=O) groups is 1. The van der Waals surface area contributed by atoms with Crippen LogP contribution in [-0.4, -0.2) is 30.6 Å². The van der Waals surface area contributed by atoms with Crippen LogP contribution in [0.15, 0.2) is 24.3 Å². The van der Waals surface area contributed by atoms with Crippen molar-refractivity contribution in [2.24, 2.45) is 5.73 Å². The van der Waals surface area contributed by atoms with E-state index in [1.165, 1.54) is 12.1 Å². The molecule has 0 radical (unpaired) electrons. The van der Waals surface area contributed by atoms with Gasteiger partial charge in [0.2, 0.25) is 0 Å². The number of aromatic nitrogens is 1. The lowest BCUT2D eigenvalue weighted by Crippen LogP contribution is -2.15. The Morgan fingerprint density at radius 1 is 1.52 bits per heavy atom. The number of ether oxygens (including phenoxy) is 1. The highest BCUT2D eigenvalue weighted by molar-refractivity contribution is 7.17. The van der Waals surface area contributed by atoms with Crippen LogP contribution in [0.4, 0.5) is 10.2 Å². The Bertz CT molecular complexity index is 630. The van der Waals surface area contributed by atoms with Crippen LogP contribution in [0.1, 0.15) is 16.6 Å². The van der Waals surface area contributed by atoms with E-state index in [4.69, 9.17) is 10.5 Å². The average molecular weight is 309 g/mol. The molecule has 7 heteroatoms. The van der Waals surface area contributed by atoms with Crippen molar-refractivity contribution in [2.75, 3.05) is 25.0 Å². The molecule has 1 heterocycles. The summed E-state index contributed by atoms with van der Waals surface area (Å²) in [4.78, 5) is 16.7. The molecule has 0 aliphatic heterocycles. The Kier molecular flexibility index (Phi) is 5.24. The molecule has 0 unspecified atom stereocenters. The maximum Gasteiger partial charge on any atom is 0.352 e. The van der Waals surface area contributed by atoms with E-state index >= 15 is 0 Å². The van der Waals surface area contributed by atoms with Gasteiger partial charge in [-0.15, -0.1) is 11.3 Å². The Morgan fingerprint density at radius 2 is 2.33 bits per heavy atom.